The van der Waals surface area contributed by atoms with Gasteiger partial charge in [-0.05, 0) is 34.8 Å². The van der Waals surface area contributed by atoms with Gasteiger partial charge in [-0.2, -0.15) is 5.10 Å². The summed E-state index contributed by atoms with van der Waals surface area (Å²) in [7, 11) is 0. The third-order valence-corrected chi connectivity index (χ3v) is 3.92. The van der Waals surface area contributed by atoms with E-state index in [1.165, 1.54) is 0 Å². The molecule has 0 aliphatic carbocycles. The topological polar surface area (TPSA) is 67.0 Å². The van der Waals surface area contributed by atoms with E-state index in [4.69, 9.17) is 4.74 Å². The van der Waals surface area contributed by atoms with E-state index in [9.17, 15) is 4.79 Å². The van der Waals surface area contributed by atoms with Gasteiger partial charge >= 0.3 is 0 Å². The third kappa shape index (κ3) is 2.56. The molecule has 20 heavy (non-hydrogen) atoms. The summed E-state index contributed by atoms with van der Waals surface area (Å²) in [6.07, 6.45) is 3.33. The maximum Gasteiger partial charge on any atom is 0.270 e. The molecule has 1 aromatic heterocycles. The van der Waals surface area contributed by atoms with Crippen molar-refractivity contribution in [3.63, 3.8) is 0 Å². The van der Waals surface area contributed by atoms with Crippen molar-refractivity contribution in [3.05, 3.63) is 46.2 Å². The van der Waals surface area contributed by atoms with Gasteiger partial charge in [0.1, 0.15) is 11.4 Å². The van der Waals surface area contributed by atoms with Gasteiger partial charge in [0.05, 0.1) is 23.3 Å². The lowest BCUT2D eigenvalue weighted by molar-refractivity contribution is 0.0929. The van der Waals surface area contributed by atoms with Gasteiger partial charge in [-0.25, -0.2) is 0 Å². The number of H-pyrrole nitrogens is 1. The average Bonchev–Trinajstić information content (AvgIpc) is 2.78. The van der Waals surface area contributed by atoms with E-state index in [2.05, 4.69) is 31.4 Å². The highest BCUT2D eigenvalue weighted by molar-refractivity contribution is 9.10. The number of aromatic amines is 1. The Morgan fingerprint density at radius 3 is 3.10 bits per heavy atom. The fourth-order valence-corrected chi connectivity index (χ4v) is 2.71. The molecule has 1 aromatic carbocycles. The molecular formula is C14H14BrN3O2. The Bertz CT molecular complexity index is 626. The number of fused-ring (bicyclic) bond motifs is 1. The van der Waals surface area contributed by atoms with E-state index in [0.29, 0.717) is 16.8 Å². The Balaban J connectivity index is 1.84. The van der Waals surface area contributed by atoms with Crippen LogP contribution in [0.4, 0.5) is 0 Å². The van der Waals surface area contributed by atoms with Crippen molar-refractivity contribution < 1.29 is 9.53 Å². The van der Waals surface area contributed by atoms with E-state index in [0.717, 1.165) is 24.2 Å². The zero-order valence-corrected chi connectivity index (χ0v) is 12.3. The van der Waals surface area contributed by atoms with Crippen LogP contribution in [-0.2, 0) is 0 Å². The fraction of sp³-hybridized carbons (Fsp3) is 0.286. The largest absolute Gasteiger partial charge is 0.493 e. The molecule has 2 aromatic rings. The highest BCUT2D eigenvalue weighted by atomic mass is 79.9. The Kier molecular flexibility index (Phi) is 3.73. The standard InChI is InChI=1S/C14H14BrN3O2/c15-10-8-16-18-13(10)14(19)17-11-5-3-7-20-12-6-2-1-4-9(11)12/h1-2,4,6,8,11H,3,5,7H2,(H,16,18)(H,17,19)/t11-/m0/s1. The smallest absolute Gasteiger partial charge is 0.270 e. The number of halogens is 1. The molecule has 3 rings (SSSR count). The van der Waals surface area contributed by atoms with Crippen LogP contribution in [0.15, 0.2) is 34.9 Å². The second kappa shape index (κ2) is 5.66. The van der Waals surface area contributed by atoms with Gasteiger partial charge in [-0.15, -0.1) is 0 Å². The molecule has 5 nitrogen and oxygen atoms in total. The zero-order chi connectivity index (χ0) is 13.9. The number of ether oxygens (including phenoxy) is 1. The molecule has 0 bridgehead atoms. The van der Waals surface area contributed by atoms with Crippen LogP contribution < -0.4 is 10.1 Å². The van der Waals surface area contributed by atoms with Crippen LogP contribution in [-0.4, -0.2) is 22.7 Å². The molecule has 0 saturated heterocycles. The number of amides is 1. The number of nitrogens with zero attached hydrogens (tertiary/aromatic N) is 1. The van der Waals surface area contributed by atoms with Gasteiger partial charge in [0.25, 0.3) is 5.91 Å². The Morgan fingerprint density at radius 1 is 1.45 bits per heavy atom. The first kappa shape index (κ1) is 13.2. The summed E-state index contributed by atoms with van der Waals surface area (Å²) in [5.41, 5.74) is 1.46. The SMILES string of the molecule is O=C(N[C@H]1CCCOc2ccccc21)c1[nH]ncc1Br. The number of carbonyl (C=O) groups is 1. The van der Waals surface area contributed by atoms with Crippen LogP contribution >= 0.6 is 15.9 Å². The number of hydrogen-bond donors (Lipinski definition) is 2. The van der Waals surface area contributed by atoms with Crippen molar-refractivity contribution in [2.45, 2.75) is 18.9 Å². The minimum absolute atomic E-state index is 0.0450. The fourth-order valence-electron chi connectivity index (χ4n) is 2.34. The van der Waals surface area contributed by atoms with Gasteiger partial charge < -0.3 is 10.1 Å². The van der Waals surface area contributed by atoms with Crippen molar-refractivity contribution in [1.29, 1.82) is 0 Å². The molecule has 0 spiro atoms. The van der Waals surface area contributed by atoms with Crippen molar-refractivity contribution in [1.82, 2.24) is 15.5 Å². The lowest BCUT2D eigenvalue weighted by Crippen LogP contribution is -2.28. The van der Waals surface area contributed by atoms with Crippen LogP contribution in [0, 0.1) is 0 Å². The zero-order valence-electron chi connectivity index (χ0n) is 10.7. The predicted molar refractivity (Wildman–Crippen MR) is 77.7 cm³/mol. The second-order valence-electron chi connectivity index (χ2n) is 4.65. The normalized spacial score (nSPS) is 17.8. The molecule has 6 heteroatoms. The van der Waals surface area contributed by atoms with Crippen LogP contribution in [0.1, 0.15) is 34.9 Å². The van der Waals surface area contributed by atoms with Gasteiger partial charge in [0, 0.05) is 5.56 Å². The Hall–Kier alpha value is -1.82. The highest BCUT2D eigenvalue weighted by Gasteiger charge is 2.23. The van der Waals surface area contributed by atoms with Gasteiger partial charge in [0.2, 0.25) is 0 Å². The average molecular weight is 336 g/mol. The van der Waals surface area contributed by atoms with Gasteiger partial charge in [-0.1, -0.05) is 18.2 Å². The van der Waals surface area contributed by atoms with Crippen molar-refractivity contribution >= 4 is 21.8 Å². The number of aromatic nitrogens is 2. The first-order chi connectivity index (χ1) is 9.75. The number of benzene rings is 1. The first-order valence-corrected chi connectivity index (χ1v) is 7.26. The summed E-state index contributed by atoms with van der Waals surface area (Å²) in [4.78, 5) is 12.3. The molecule has 1 atom stereocenters. The van der Waals surface area contributed by atoms with Crippen LogP contribution in [0.5, 0.6) is 5.75 Å². The maximum absolute atomic E-state index is 12.3. The maximum atomic E-state index is 12.3. The molecule has 0 unspecified atom stereocenters. The summed E-state index contributed by atoms with van der Waals surface area (Å²) in [6.45, 7) is 0.678. The van der Waals surface area contributed by atoms with Crippen LogP contribution in [0.3, 0.4) is 0 Å². The summed E-state index contributed by atoms with van der Waals surface area (Å²) in [5, 5.41) is 9.57. The quantitative estimate of drug-likeness (QED) is 0.886. The predicted octanol–water partition coefficient (Wildman–Crippen LogP) is 2.82. The van der Waals surface area contributed by atoms with Gasteiger partial charge in [-0.3, -0.25) is 9.89 Å². The molecule has 2 heterocycles. The second-order valence-corrected chi connectivity index (χ2v) is 5.50. The van der Waals surface area contributed by atoms with Crippen LogP contribution in [0.2, 0.25) is 0 Å². The molecule has 0 saturated carbocycles. The van der Waals surface area contributed by atoms with E-state index < -0.39 is 0 Å². The molecule has 1 amide bonds. The first-order valence-electron chi connectivity index (χ1n) is 6.47. The van der Waals surface area contributed by atoms with E-state index in [-0.39, 0.29) is 11.9 Å². The van der Waals surface area contributed by atoms with E-state index in [1.54, 1.807) is 6.20 Å². The summed E-state index contributed by atoms with van der Waals surface area (Å²) >= 11 is 3.30. The van der Waals surface area contributed by atoms with Gasteiger partial charge in [0.15, 0.2) is 0 Å². The highest BCUT2D eigenvalue weighted by Crippen LogP contribution is 2.31. The minimum atomic E-state index is -0.170. The molecule has 2 N–H and O–H groups in total. The van der Waals surface area contributed by atoms with E-state index >= 15 is 0 Å². The minimum Gasteiger partial charge on any atom is -0.493 e. The number of hydrogen-bond acceptors (Lipinski definition) is 3. The Morgan fingerprint density at radius 2 is 2.30 bits per heavy atom. The lowest BCUT2D eigenvalue weighted by Gasteiger charge is -2.17. The molecule has 0 fully saturated rings. The summed E-state index contributed by atoms with van der Waals surface area (Å²) in [6, 6.07) is 7.78. The van der Waals surface area contributed by atoms with Crippen LogP contribution in [0.25, 0.3) is 0 Å². The molecule has 104 valence electrons. The van der Waals surface area contributed by atoms with Crippen molar-refractivity contribution in [3.8, 4) is 5.75 Å². The summed E-state index contributed by atoms with van der Waals surface area (Å²) < 4.78 is 6.35. The Labute approximate surface area is 124 Å². The van der Waals surface area contributed by atoms with Crippen molar-refractivity contribution in [2.24, 2.45) is 0 Å². The molecule has 1 aliphatic heterocycles. The number of para-hydroxylation sites is 1. The number of carbonyl (C=O) groups excluding carboxylic acids is 1. The molecule has 0 radical (unpaired) electrons. The number of rotatable bonds is 2. The summed E-state index contributed by atoms with van der Waals surface area (Å²) in [5.74, 6) is 0.676. The van der Waals surface area contributed by atoms with Crippen molar-refractivity contribution in [2.75, 3.05) is 6.61 Å². The van der Waals surface area contributed by atoms with E-state index in [1.807, 2.05) is 24.3 Å². The number of nitrogens with one attached hydrogen (secondary N) is 2. The third-order valence-electron chi connectivity index (χ3n) is 3.31. The monoisotopic (exact) mass is 335 g/mol. The molecule has 1 aliphatic rings. The lowest BCUT2D eigenvalue weighted by atomic mass is 10.0. The molecular weight excluding hydrogens is 322 g/mol.